The summed E-state index contributed by atoms with van der Waals surface area (Å²) in [5.74, 6) is -1.73. The molecule has 0 spiro atoms. The van der Waals surface area contributed by atoms with Crippen molar-refractivity contribution in [3.63, 3.8) is 0 Å². The van der Waals surface area contributed by atoms with Crippen molar-refractivity contribution < 1.29 is 19.1 Å². The molecular formula is C17H23N3O4. The fraction of sp³-hybridized carbons (Fsp3) is 0.471. The van der Waals surface area contributed by atoms with Crippen LogP contribution in [0.3, 0.4) is 0 Å². The van der Waals surface area contributed by atoms with Crippen molar-refractivity contribution in [3.8, 4) is 0 Å². The minimum Gasteiger partial charge on any atom is -0.370 e. The predicted octanol–water partition coefficient (Wildman–Crippen LogP) is 0.229. The molecule has 0 aliphatic carbocycles. The fourth-order valence-corrected chi connectivity index (χ4v) is 2.41. The van der Waals surface area contributed by atoms with Crippen molar-refractivity contribution in [1.29, 1.82) is 0 Å². The Morgan fingerprint density at radius 3 is 2.58 bits per heavy atom. The standard InChI is InChI=1S/C17H23N3O4/c1-2-8-18-16(22)17(23)19-11-15(21)20-9-10-24-14(12-20)13-6-4-3-5-7-13/h3-7,14H,2,8-12H2,1H3,(H,18,22)(H,19,23). The summed E-state index contributed by atoms with van der Waals surface area (Å²) in [6.45, 7) is 3.47. The average Bonchev–Trinajstić information content (AvgIpc) is 2.64. The molecule has 0 aromatic heterocycles. The largest absolute Gasteiger partial charge is 0.370 e. The molecule has 0 bridgehead atoms. The van der Waals surface area contributed by atoms with Gasteiger partial charge < -0.3 is 20.3 Å². The van der Waals surface area contributed by atoms with E-state index in [4.69, 9.17) is 4.74 Å². The van der Waals surface area contributed by atoms with E-state index in [1.807, 2.05) is 37.3 Å². The number of rotatable bonds is 5. The smallest absolute Gasteiger partial charge is 0.309 e. The second-order valence-electron chi connectivity index (χ2n) is 5.55. The minimum absolute atomic E-state index is 0.174. The number of hydrogen-bond donors (Lipinski definition) is 2. The molecule has 130 valence electrons. The molecule has 1 heterocycles. The molecule has 24 heavy (non-hydrogen) atoms. The lowest BCUT2D eigenvalue weighted by molar-refractivity contribution is -0.142. The lowest BCUT2D eigenvalue weighted by atomic mass is 10.1. The van der Waals surface area contributed by atoms with Crippen LogP contribution in [0.4, 0.5) is 0 Å². The molecule has 1 unspecified atom stereocenters. The van der Waals surface area contributed by atoms with Crippen LogP contribution in [0, 0.1) is 0 Å². The summed E-state index contributed by atoms with van der Waals surface area (Å²) in [5.41, 5.74) is 1.01. The number of carbonyl (C=O) groups is 3. The Balaban J connectivity index is 1.82. The van der Waals surface area contributed by atoms with Gasteiger partial charge in [-0.3, -0.25) is 14.4 Å². The van der Waals surface area contributed by atoms with Crippen LogP contribution in [0.1, 0.15) is 25.0 Å². The average molecular weight is 333 g/mol. The lowest BCUT2D eigenvalue weighted by Crippen LogP contribution is -2.48. The van der Waals surface area contributed by atoms with E-state index >= 15 is 0 Å². The molecule has 0 radical (unpaired) electrons. The summed E-state index contributed by atoms with van der Waals surface area (Å²) in [4.78, 5) is 36.9. The SMILES string of the molecule is CCCNC(=O)C(=O)NCC(=O)N1CCOC(c2ccccc2)C1. The highest BCUT2D eigenvalue weighted by Gasteiger charge is 2.25. The van der Waals surface area contributed by atoms with E-state index in [2.05, 4.69) is 10.6 Å². The number of benzene rings is 1. The molecule has 7 nitrogen and oxygen atoms in total. The van der Waals surface area contributed by atoms with Gasteiger partial charge in [-0.25, -0.2) is 0 Å². The molecule has 1 aromatic carbocycles. The topological polar surface area (TPSA) is 87.7 Å². The molecule has 1 saturated heterocycles. The Morgan fingerprint density at radius 2 is 1.88 bits per heavy atom. The number of carbonyl (C=O) groups excluding carboxylic acids is 3. The molecule has 7 heteroatoms. The van der Waals surface area contributed by atoms with Gasteiger partial charge in [0.1, 0.15) is 6.10 Å². The van der Waals surface area contributed by atoms with Crippen LogP contribution in [0.25, 0.3) is 0 Å². The summed E-state index contributed by atoms with van der Waals surface area (Å²) in [7, 11) is 0. The summed E-state index contributed by atoms with van der Waals surface area (Å²) >= 11 is 0. The first kappa shape index (κ1) is 17.9. The van der Waals surface area contributed by atoms with E-state index in [1.54, 1.807) is 4.90 Å². The summed E-state index contributed by atoms with van der Waals surface area (Å²) in [6.07, 6.45) is 0.569. The molecule has 1 aliphatic rings. The zero-order valence-electron chi connectivity index (χ0n) is 13.8. The van der Waals surface area contributed by atoms with E-state index in [0.29, 0.717) is 26.2 Å². The first-order valence-electron chi connectivity index (χ1n) is 8.12. The van der Waals surface area contributed by atoms with Gasteiger partial charge in [0.05, 0.1) is 19.7 Å². The lowest BCUT2D eigenvalue weighted by Gasteiger charge is -2.33. The van der Waals surface area contributed by atoms with Gasteiger partial charge in [0.15, 0.2) is 0 Å². The van der Waals surface area contributed by atoms with Gasteiger partial charge >= 0.3 is 11.8 Å². The second kappa shape index (κ2) is 9.02. The number of nitrogens with one attached hydrogen (secondary N) is 2. The van der Waals surface area contributed by atoms with Crippen molar-refractivity contribution in [2.75, 3.05) is 32.8 Å². The number of amides is 3. The van der Waals surface area contributed by atoms with Crippen LogP contribution in [-0.4, -0.2) is 55.4 Å². The predicted molar refractivity (Wildman–Crippen MR) is 88.0 cm³/mol. The van der Waals surface area contributed by atoms with Crippen molar-refractivity contribution in [2.24, 2.45) is 0 Å². The Labute approximate surface area is 141 Å². The van der Waals surface area contributed by atoms with Gasteiger partial charge in [-0.15, -0.1) is 0 Å². The van der Waals surface area contributed by atoms with Crippen LogP contribution >= 0.6 is 0 Å². The highest BCUT2D eigenvalue weighted by Crippen LogP contribution is 2.21. The monoisotopic (exact) mass is 333 g/mol. The Bertz CT molecular complexity index is 576. The maximum Gasteiger partial charge on any atom is 0.309 e. The number of hydrogen-bond acceptors (Lipinski definition) is 4. The number of morpholine rings is 1. The van der Waals surface area contributed by atoms with Gasteiger partial charge in [-0.05, 0) is 12.0 Å². The van der Waals surface area contributed by atoms with Gasteiger partial charge in [-0.2, -0.15) is 0 Å². The molecule has 2 rings (SSSR count). The summed E-state index contributed by atoms with van der Waals surface area (Å²) in [5, 5.41) is 4.83. The molecule has 1 fully saturated rings. The Morgan fingerprint density at radius 1 is 1.17 bits per heavy atom. The molecule has 0 saturated carbocycles. The highest BCUT2D eigenvalue weighted by molar-refractivity contribution is 6.35. The van der Waals surface area contributed by atoms with Gasteiger partial charge in [-0.1, -0.05) is 37.3 Å². The van der Waals surface area contributed by atoms with Gasteiger partial charge in [0.25, 0.3) is 0 Å². The molecule has 1 aromatic rings. The number of nitrogens with zero attached hydrogens (tertiary/aromatic N) is 1. The van der Waals surface area contributed by atoms with Crippen molar-refractivity contribution in [3.05, 3.63) is 35.9 Å². The first-order valence-corrected chi connectivity index (χ1v) is 8.12. The number of ether oxygens (including phenoxy) is 1. The third-order valence-electron chi connectivity index (χ3n) is 3.73. The summed E-state index contributed by atoms with van der Waals surface area (Å²) in [6, 6.07) is 9.69. The fourth-order valence-electron chi connectivity index (χ4n) is 2.41. The van der Waals surface area contributed by atoms with Crippen LogP contribution < -0.4 is 10.6 Å². The van der Waals surface area contributed by atoms with Crippen LogP contribution in [0.15, 0.2) is 30.3 Å². The molecule has 1 aliphatic heterocycles. The Kier molecular flexibility index (Phi) is 6.74. The van der Waals surface area contributed by atoms with E-state index in [0.717, 1.165) is 12.0 Å². The molecular weight excluding hydrogens is 310 g/mol. The third-order valence-corrected chi connectivity index (χ3v) is 3.73. The first-order chi connectivity index (χ1) is 11.6. The van der Waals surface area contributed by atoms with Crippen LogP contribution in [0.5, 0.6) is 0 Å². The molecule has 1 atom stereocenters. The van der Waals surface area contributed by atoms with E-state index in [-0.39, 0.29) is 18.6 Å². The van der Waals surface area contributed by atoms with Crippen LogP contribution in [0.2, 0.25) is 0 Å². The zero-order valence-corrected chi connectivity index (χ0v) is 13.8. The van der Waals surface area contributed by atoms with Crippen LogP contribution in [-0.2, 0) is 19.1 Å². The Hall–Kier alpha value is -2.41. The zero-order chi connectivity index (χ0) is 17.4. The van der Waals surface area contributed by atoms with Crippen molar-refractivity contribution in [2.45, 2.75) is 19.4 Å². The second-order valence-corrected chi connectivity index (χ2v) is 5.55. The van der Waals surface area contributed by atoms with Gasteiger partial charge in [0, 0.05) is 13.1 Å². The third kappa shape index (κ3) is 5.06. The quantitative estimate of drug-likeness (QED) is 0.755. The molecule has 2 N–H and O–H groups in total. The normalized spacial score (nSPS) is 17.2. The van der Waals surface area contributed by atoms with E-state index < -0.39 is 11.8 Å². The maximum absolute atomic E-state index is 12.2. The molecule has 3 amide bonds. The minimum atomic E-state index is -0.787. The van der Waals surface area contributed by atoms with Crippen molar-refractivity contribution >= 4 is 17.7 Å². The highest BCUT2D eigenvalue weighted by atomic mass is 16.5. The maximum atomic E-state index is 12.2. The van der Waals surface area contributed by atoms with Crippen molar-refractivity contribution in [1.82, 2.24) is 15.5 Å². The van der Waals surface area contributed by atoms with E-state index in [1.165, 1.54) is 0 Å². The van der Waals surface area contributed by atoms with Gasteiger partial charge in [0.2, 0.25) is 5.91 Å². The summed E-state index contributed by atoms with van der Waals surface area (Å²) < 4.78 is 5.71. The van der Waals surface area contributed by atoms with E-state index in [9.17, 15) is 14.4 Å².